The third-order valence-corrected chi connectivity index (χ3v) is 6.02. The molecule has 0 unspecified atom stereocenters. The zero-order chi connectivity index (χ0) is 26.1. The van der Waals surface area contributed by atoms with E-state index in [1.165, 1.54) is 17.4 Å². The molecule has 0 saturated carbocycles. The van der Waals surface area contributed by atoms with Crippen LogP contribution in [0.15, 0.2) is 48.5 Å². The van der Waals surface area contributed by atoms with Gasteiger partial charge in [0.05, 0.1) is 25.9 Å². The number of carbonyl (C=O) groups excluding carboxylic acids is 3. The Bertz CT molecular complexity index is 1020. The number of nitrogens with zero attached hydrogens (tertiary/aromatic N) is 2. The number of ether oxygens (including phenoxy) is 1. The summed E-state index contributed by atoms with van der Waals surface area (Å²) in [4.78, 5) is 39.0. The number of hydrogen-bond donors (Lipinski definition) is 4. The van der Waals surface area contributed by atoms with E-state index in [1.54, 1.807) is 12.1 Å². The fraction of sp³-hybridized carbons (Fsp3) is 0.444. The molecule has 37 heavy (non-hydrogen) atoms. The molecule has 1 saturated heterocycles. The first-order valence-corrected chi connectivity index (χ1v) is 12.1. The summed E-state index contributed by atoms with van der Waals surface area (Å²) in [7, 11) is 0. The number of carbonyl (C=O) groups is 3. The van der Waals surface area contributed by atoms with E-state index in [1.807, 2.05) is 24.3 Å². The molecule has 2 aromatic carbocycles. The molecule has 0 bridgehead atoms. The molecule has 4 amide bonds. The molecule has 1 aliphatic rings. The van der Waals surface area contributed by atoms with Gasteiger partial charge in [-0.1, -0.05) is 50.7 Å². The number of aliphatic hydroxyl groups excluding tert-OH is 1. The van der Waals surface area contributed by atoms with Crippen molar-refractivity contribution < 1.29 is 29.4 Å². The zero-order valence-corrected chi connectivity index (χ0v) is 20.6. The van der Waals surface area contributed by atoms with Crippen LogP contribution in [-0.4, -0.2) is 89.7 Å². The number of amides is 4. The molecule has 1 fully saturated rings. The predicted molar refractivity (Wildman–Crippen MR) is 140 cm³/mol. The van der Waals surface area contributed by atoms with E-state index < -0.39 is 30.0 Å². The van der Waals surface area contributed by atoms with Gasteiger partial charge in [0.2, 0.25) is 5.91 Å². The van der Waals surface area contributed by atoms with Crippen molar-refractivity contribution in [2.45, 2.75) is 39.8 Å². The van der Waals surface area contributed by atoms with Gasteiger partial charge < -0.3 is 25.4 Å². The largest absolute Gasteiger partial charge is 0.391 e. The molecule has 1 heterocycles. The zero-order valence-electron chi connectivity index (χ0n) is 20.6. The van der Waals surface area contributed by atoms with Gasteiger partial charge in [-0.2, -0.15) is 0 Å². The molecule has 0 aliphatic carbocycles. The minimum absolute atomic E-state index is 0. The van der Waals surface area contributed by atoms with Gasteiger partial charge in [0.15, 0.2) is 0 Å². The number of nitrogens with one attached hydrogen (secondary N) is 2. The highest BCUT2D eigenvalue weighted by atomic mass is 16.5. The van der Waals surface area contributed by atoms with Crippen LogP contribution >= 0.6 is 0 Å². The van der Waals surface area contributed by atoms with Crippen LogP contribution in [0.2, 0.25) is 0 Å². The summed E-state index contributed by atoms with van der Waals surface area (Å²) in [6, 6.07) is 13.4. The predicted octanol–water partition coefficient (Wildman–Crippen LogP) is 2.29. The second kappa shape index (κ2) is 14.3. The molecule has 10 heteroatoms. The highest BCUT2D eigenvalue weighted by Crippen LogP contribution is 2.20. The number of aliphatic hydroxyl groups is 1. The lowest BCUT2D eigenvalue weighted by Gasteiger charge is -2.30. The molecule has 1 aliphatic heterocycles. The first-order chi connectivity index (χ1) is 17.3. The van der Waals surface area contributed by atoms with E-state index in [0.717, 1.165) is 17.5 Å². The smallest absolute Gasteiger partial charge is 0.343 e. The standard InChI is InChI=1S/C26H34N4O6.CH4/c1-3-19-4-6-20(7-5-19)21-8-10-22(11-9-21)24(32)28-23(18(2)31)25(33)27-12-13-30(35)26(34)29-14-16-36-17-15-29;/h4-11,18,23,31,35H,3,12-17H2,1-2H3,(H,27,33)(H,28,32);1H4/t18-,23+;/m1./s1. The average Bonchev–Trinajstić information content (AvgIpc) is 2.91. The molecule has 2 aromatic rings. The van der Waals surface area contributed by atoms with Crippen molar-refractivity contribution >= 4 is 17.8 Å². The second-order valence-electron chi connectivity index (χ2n) is 8.62. The molecule has 3 rings (SSSR count). The number of rotatable bonds is 9. The van der Waals surface area contributed by atoms with Gasteiger partial charge >= 0.3 is 6.03 Å². The minimum atomic E-state index is -1.21. The van der Waals surface area contributed by atoms with Gasteiger partial charge in [0.1, 0.15) is 6.04 Å². The van der Waals surface area contributed by atoms with Crippen LogP contribution in [0.25, 0.3) is 11.1 Å². The van der Waals surface area contributed by atoms with Crippen molar-refractivity contribution in [1.29, 1.82) is 0 Å². The Morgan fingerprint density at radius 1 is 1.03 bits per heavy atom. The third-order valence-electron chi connectivity index (χ3n) is 6.02. The summed E-state index contributed by atoms with van der Waals surface area (Å²) in [5.41, 5.74) is 3.58. The Hall–Kier alpha value is -3.47. The van der Waals surface area contributed by atoms with E-state index in [9.17, 15) is 24.7 Å². The topological polar surface area (TPSA) is 131 Å². The Labute approximate surface area is 218 Å². The van der Waals surface area contributed by atoms with Crippen LogP contribution in [0.1, 0.15) is 37.2 Å². The van der Waals surface area contributed by atoms with Gasteiger partial charge in [0.25, 0.3) is 5.91 Å². The Balaban J connectivity index is 0.00000481. The third kappa shape index (κ3) is 8.28. The van der Waals surface area contributed by atoms with E-state index in [0.29, 0.717) is 36.9 Å². The highest BCUT2D eigenvalue weighted by molar-refractivity contribution is 5.98. The van der Waals surface area contributed by atoms with Crippen LogP contribution in [0.5, 0.6) is 0 Å². The second-order valence-corrected chi connectivity index (χ2v) is 8.62. The number of hydrogen-bond acceptors (Lipinski definition) is 6. The molecule has 10 nitrogen and oxygen atoms in total. The maximum absolute atomic E-state index is 12.7. The first-order valence-electron chi connectivity index (χ1n) is 12.1. The van der Waals surface area contributed by atoms with Crippen molar-refractivity contribution in [1.82, 2.24) is 20.6 Å². The van der Waals surface area contributed by atoms with Crippen LogP contribution in [0.4, 0.5) is 4.79 Å². The summed E-state index contributed by atoms with van der Waals surface area (Å²) in [5.74, 6) is -1.13. The molecular formula is C27H38N4O6. The lowest BCUT2D eigenvalue weighted by Crippen LogP contribution is -2.54. The van der Waals surface area contributed by atoms with Gasteiger partial charge in [-0.25, -0.2) is 9.86 Å². The maximum atomic E-state index is 12.7. The summed E-state index contributed by atoms with van der Waals surface area (Å²) in [6.07, 6.45) is -0.201. The lowest BCUT2D eigenvalue weighted by molar-refractivity contribution is -0.125. The summed E-state index contributed by atoms with van der Waals surface area (Å²) in [6.45, 7) is 4.85. The van der Waals surface area contributed by atoms with Gasteiger partial charge in [-0.15, -0.1) is 0 Å². The fourth-order valence-electron chi connectivity index (χ4n) is 3.79. The molecule has 0 spiro atoms. The molecule has 2 atom stereocenters. The fourth-order valence-corrected chi connectivity index (χ4v) is 3.79. The van der Waals surface area contributed by atoms with Crippen molar-refractivity contribution in [2.24, 2.45) is 0 Å². The van der Waals surface area contributed by atoms with E-state index in [2.05, 4.69) is 29.7 Å². The first kappa shape index (κ1) is 29.8. The van der Waals surface area contributed by atoms with E-state index in [4.69, 9.17) is 4.74 Å². The summed E-state index contributed by atoms with van der Waals surface area (Å²) >= 11 is 0. The maximum Gasteiger partial charge on any atom is 0.343 e. The van der Waals surface area contributed by atoms with E-state index in [-0.39, 0.29) is 20.5 Å². The van der Waals surface area contributed by atoms with Gasteiger partial charge in [-0.3, -0.25) is 14.8 Å². The number of benzene rings is 2. The molecule has 0 radical (unpaired) electrons. The Morgan fingerprint density at radius 3 is 2.14 bits per heavy atom. The Kier molecular flexibility index (Phi) is 11.5. The molecule has 202 valence electrons. The number of urea groups is 1. The Morgan fingerprint density at radius 2 is 1.59 bits per heavy atom. The van der Waals surface area contributed by atoms with Gasteiger partial charge in [-0.05, 0) is 42.2 Å². The number of morpholine rings is 1. The summed E-state index contributed by atoms with van der Waals surface area (Å²) < 4.78 is 5.18. The summed E-state index contributed by atoms with van der Waals surface area (Å²) in [5, 5.41) is 25.7. The van der Waals surface area contributed by atoms with Crippen LogP contribution in [0.3, 0.4) is 0 Å². The minimum Gasteiger partial charge on any atom is -0.391 e. The normalized spacial score (nSPS) is 14.6. The number of hydroxylamine groups is 2. The quantitative estimate of drug-likeness (QED) is 0.300. The van der Waals surface area contributed by atoms with Crippen molar-refractivity contribution in [2.75, 3.05) is 39.4 Å². The number of aryl methyl sites for hydroxylation is 1. The SMILES string of the molecule is C.CCc1ccc(-c2ccc(C(=O)N[C@H](C(=O)NCCN(O)C(=O)N3CCOCC3)[C@@H](C)O)cc2)cc1. The molecular weight excluding hydrogens is 476 g/mol. The lowest BCUT2D eigenvalue weighted by atomic mass is 10.0. The van der Waals surface area contributed by atoms with Crippen LogP contribution in [0, 0.1) is 0 Å². The molecule has 0 aromatic heterocycles. The highest BCUT2D eigenvalue weighted by Gasteiger charge is 2.27. The monoisotopic (exact) mass is 514 g/mol. The van der Waals surface area contributed by atoms with Crippen molar-refractivity contribution in [3.63, 3.8) is 0 Å². The van der Waals surface area contributed by atoms with Crippen molar-refractivity contribution in [3.05, 3.63) is 59.7 Å². The van der Waals surface area contributed by atoms with Crippen LogP contribution < -0.4 is 10.6 Å². The average molecular weight is 515 g/mol. The van der Waals surface area contributed by atoms with Gasteiger partial charge in [0, 0.05) is 25.2 Å². The van der Waals surface area contributed by atoms with Crippen LogP contribution in [-0.2, 0) is 16.0 Å². The molecule has 4 N–H and O–H groups in total. The van der Waals surface area contributed by atoms with Crippen molar-refractivity contribution in [3.8, 4) is 11.1 Å². The van der Waals surface area contributed by atoms with E-state index >= 15 is 0 Å².